The Balaban J connectivity index is 1.02. The maximum absolute atomic E-state index is 14.3. The molecule has 8 nitrogen and oxygen atoms in total. The third kappa shape index (κ3) is 5.65. The lowest BCUT2D eigenvalue weighted by atomic mass is 9.43. The topological polar surface area (TPSA) is 105 Å². The summed E-state index contributed by atoms with van der Waals surface area (Å²) in [5.74, 6) is 1.55. The molecule has 5 fully saturated rings. The Hall–Kier alpha value is -3.95. The second-order valence-corrected chi connectivity index (χ2v) is 15.4. The van der Waals surface area contributed by atoms with Crippen molar-refractivity contribution in [2.75, 3.05) is 0 Å². The second kappa shape index (κ2) is 12.2. The van der Waals surface area contributed by atoms with Crippen LogP contribution in [0.4, 0.5) is 0 Å². The molecule has 4 saturated carbocycles. The fourth-order valence-corrected chi connectivity index (χ4v) is 8.86. The standard InChI is InChI=1S/C39H45BN4O4/c1-38(2)28-22-32(38)39(3)33(23-28)47-40(48-39)34(20-25-13-10-14-25)44-37(46)31(19-24-11-6-4-7-12-24)43-36(45)27-17-18-29-30(21-27)42-35(41-29)26-15-8-5-9-16-26/h4-9,11-12,15-18,21,25,28,31-34H,10,13-14,19-20,22-23H2,1-3H3,(H,41,42)(H,43,45)(H,44,46)/t28-,31+,32-,33-,34+,39+/m1/s1. The number of hydrogen-bond acceptors (Lipinski definition) is 5. The summed E-state index contributed by atoms with van der Waals surface area (Å²) in [6.07, 6.45) is 6.93. The summed E-state index contributed by atoms with van der Waals surface area (Å²) in [4.78, 5) is 36.1. The van der Waals surface area contributed by atoms with Gasteiger partial charge in [-0.1, -0.05) is 93.8 Å². The maximum atomic E-state index is 14.3. The number of nitrogens with one attached hydrogen (secondary N) is 3. The third-order valence-corrected chi connectivity index (χ3v) is 12.1. The van der Waals surface area contributed by atoms with Crippen LogP contribution in [0.25, 0.3) is 22.4 Å². The van der Waals surface area contributed by atoms with Crippen LogP contribution in [0.2, 0.25) is 0 Å². The van der Waals surface area contributed by atoms with Crippen molar-refractivity contribution in [3.8, 4) is 11.4 Å². The number of carbonyl (C=O) groups excluding carboxylic acids is 2. The van der Waals surface area contributed by atoms with Gasteiger partial charge in [-0.3, -0.25) is 9.59 Å². The monoisotopic (exact) mass is 644 g/mol. The summed E-state index contributed by atoms with van der Waals surface area (Å²) in [6, 6.07) is 24.4. The quantitative estimate of drug-likeness (QED) is 0.171. The highest BCUT2D eigenvalue weighted by Crippen LogP contribution is 2.65. The molecule has 0 spiro atoms. The SMILES string of the molecule is CC1(C)[C@@H]2C[C@H]1[C@]1(C)OB([C@H](CC3CCC3)NC(=O)[C@H](Cc3ccccc3)NC(=O)c3ccc4nc(-c5ccccc5)[nH]c4c3)O[C@@H]1C2. The van der Waals surface area contributed by atoms with E-state index in [1.165, 1.54) is 12.8 Å². The zero-order valence-corrected chi connectivity index (χ0v) is 28.1. The Morgan fingerprint density at radius 1 is 0.979 bits per heavy atom. The molecule has 9 heteroatoms. The van der Waals surface area contributed by atoms with Gasteiger partial charge < -0.3 is 24.9 Å². The predicted molar refractivity (Wildman–Crippen MR) is 187 cm³/mol. The van der Waals surface area contributed by atoms with Crippen LogP contribution in [-0.4, -0.2) is 52.6 Å². The lowest BCUT2D eigenvalue weighted by Gasteiger charge is -2.64. The normalized spacial score (nSPS) is 27.0. The van der Waals surface area contributed by atoms with Gasteiger partial charge in [0.2, 0.25) is 5.91 Å². The molecule has 0 unspecified atom stereocenters. The number of imidazole rings is 1. The molecule has 1 aliphatic heterocycles. The van der Waals surface area contributed by atoms with E-state index in [1.54, 1.807) is 12.1 Å². The molecule has 3 N–H and O–H groups in total. The average molecular weight is 645 g/mol. The van der Waals surface area contributed by atoms with E-state index in [4.69, 9.17) is 14.3 Å². The number of nitrogens with zero attached hydrogens (tertiary/aromatic N) is 1. The first-order valence-electron chi connectivity index (χ1n) is 17.7. The maximum Gasteiger partial charge on any atom is 0.481 e. The van der Waals surface area contributed by atoms with Crippen LogP contribution in [0.15, 0.2) is 78.9 Å². The largest absolute Gasteiger partial charge is 0.481 e. The highest BCUT2D eigenvalue weighted by atomic mass is 16.7. The Labute approximate surface area is 282 Å². The first kappa shape index (κ1) is 31.3. The van der Waals surface area contributed by atoms with E-state index in [-0.39, 0.29) is 34.9 Å². The second-order valence-electron chi connectivity index (χ2n) is 15.4. The molecule has 3 aromatic carbocycles. The summed E-state index contributed by atoms with van der Waals surface area (Å²) < 4.78 is 13.5. The van der Waals surface area contributed by atoms with Gasteiger partial charge in [-0.05, 0) is 73.1 Å². The fourth-order valence-electron chi connectivity index (χ4n) is 8.86. The van der Waals surface area contributed by atoms with Crippen molar-refractivity contribution in [1.82, 2.24) is 20.6 Å². The van der Waals surface area contributed by atoms with Gasteiger partial charge in [0.1, 0.15) is 11.9 Å². The third-order valence-electron chi connectivity index (χ3n) is 12.1. The Bertz CT molecular complexity index is 1810. The number of aromatic nitrogens is 2. The summed E-state index contributed by atoms with van der Waals surface area (Å²) in [5.41, 5.74) is 3.83. The number of carbonyl (C=O) groups is 2. The van der Waals surface area contributed by atoms with Gasteiger partial charge in [0, 0.05) is 17.5 Å². The molecular formula is C39H45BN4O4. The van der Waals surface area contributed by atoms with E-state index in [0.717, 1.165) is 53.7 Å². The fraction of sp³-hybridized carbons (Fsp3) is 0.462. The van der Waals surface area contributed by atoms with Gasteiger partial charge >= 0.3 is 7.12 Å². The van der Waals surface area contributed by atoms with E-state index in [2.05, 4.69) is 36.4 Å². The van der Waals surface area contributed by atoms with E-state index in [0.29, 0.717) is 29.7 Å². The zero-order valence-electron chi connectivity index (χ0n) is 28.1. The highest BCUT2D eigenvalue weighted by molar-refractivity contribution is 6.48. The van der Waals surface area contributed by atoms with Crippen molar-refractivity contribution in [3.05, 3.63) is 90.0 Å². The predicted octanol–water partition coefficient (Wildman–Crippen LogP) is 6.51. The highest BCUT2D eigenvalue weighted by Gasteiger charge is 2.68. The van der Waals surface area contributed by atoms with E-state index >= 15 is 0 Å². The minimum atomic E-state index is -0.785. The van der Waals surface area contributed by atoms with Crippen molar-refractivity contribution in [1.29, 1.82) is 0 Å². The number of hydrogen-bond donors (Lipinski definition) is 3. The summed E-state index contributed by atoms with van der Waals surface area (Å²) >= 11 is 0. The van der Waals surface area contributed by atoms with Gasteiger partial charge in [0.05, 0.1) is 28.7 Å². The van der Waals surface area contributed by atoms with Crippen LogP contribution in [0, 0.1) is 23.2 Å². The molecule has 2 heterocycles. The number of fused-ring (bicyclic) bond motifs is 1. The van der Waals surface area contributed by atoms with Gasteiger partial charge in [-0.15, -0.1) is 0 Å². The van der Waals surface area contributed by atoms with Gasteiger partial charge in [0.15, 0.2) is 0 Å². The van der Waals surface area contributed by atoms with E-state index < -0.39 is 13.2 Å². The molecule has 0 radical (unpaired) electrons. The van der Waals surface area contributed by atoms with Gasteiger partial charge in [-0.2, -0.15) is 0 Å². The minimum Gasteiger partial charge on any atom is -0.404 e. The number of H-pyrrole nitrogens is 1. The average Bonchev–Trinajstić information content (AvgIpc) is 3.66. The van der Waals surface area contributed by atoms with E-state index in [1.807, 2.05) is 66.7 Å². The molecular weight excluding hydrogens is 599 g/mol. The van der Waals surface area contributed by atoms with Crippen molar-refractivity contribution in [2.45, 2.75) is 89.4 Å². The first-order valence-corrected chi connectivity index (χ1v) is 17.7. The zero-order chi connectivity index (χ0) is 33.0. The summed E-state index contributed by atoms with van der Waals surface area (Å²) in [5, 5.41) is 6.42. The molecule has 2 amide bonds. The molecule has 9 rings (SSSR count). The van der Waals surface area contributed by atoms with Crippen molar-refractivity contribution in [2.24, 2.45) is 23.2 Å². The van der Waals surface area contributed by atoms with Crippen molar-refractivity contribution in [3.63, 3.8) is 0 Å². The minimum absolute atomic E-state index is 0.0414. The number of amides is 2. The Kier molecular flexibility index (Phi) is 7.95. The number of aromatic amines is 1. The number of rotatable bonds is 10. The van der Waals surface area contributed by atoms with Crippen LogP contribution in [0.5, 0.6) is 0 Å². The molecule has 2 bridgehead atoms. The van der Waals surface area contributed by atoms with Crippen LogP contribution >= 0.6 is 0 Å². The van der Waals surface area contributed by atoms with Crippen molar-refractivity contribution < 1.29 is 18.9 Å². The van der Waals surface area contributed by atoms with Crippen LogP contribution in [0.1, 0.15) is 75.2 Å². The molecule has 48 heavy (non-hydrogen) atoms. The van der Waals surface area contributed by atoms with Crippen LogP contribution in [0.3, 0.4) is 0 Å². The van der Waals surface area contributed by atoms with Gasteiger partial charge in [0.25, 0.3) is 5.91 Å². The smallest absolute Gasteiger partial charge is 0.404 e. The molecule has 4 aromatic rings. The van der Waals surface area contributed by atoms with Gasteiger partial charge in [-0.25, -0.2) is 4.98 Å². The van der Waals surface area contributed by atoms with Crippen LogP contribution in [-0.2, 0) is 20.5 Å². The summed E-state index contributed by atoms with van der Waals surface area (Å²) in [6.45, 7) is 6.95. The molecule has 6 atom stereocenters. The first-order chi connectivity index (χ1) is 23.2. The molecule has 5 aliphatic rings. The summed E-state index contributed by atoms with van der Waals surface area (Å²) in [7, 11) is -0.505. The van der Waals surface area contributed by atoms with Crippen molar-refractivity contribution >= 4 is 30.0 Å². The van der Waals surface area contributed by atoms with E-state index in [9.17, 15) is 9.59 Å². The lowest BCUT2D eigenvalue weighted by Crippen LogP contribution is -2.65. The molecule has 248 valence electrons. The lowest BCUT2D eigenvalue weighted by molar-refractivity contribution is -0.199. The Morgan fingerprint density at radius 3 is 2.44 bits per heavy atom. The molecule has 1 saturated heterocycles. The number of benzene rings is 3. The molecule has 4 aliphatic carbocycles. The Morgan fingerprint density at radius 2 is 1.73 bits per heavy atom. The van der Waals surface area contributed by atoms with Crippen LogP contribution < -0.4 is 10.6 Å². The molecule has 1 aromatic heterocycles.